The number of methoxy groups -OCH3 is 1. The van der Waals surface area contributed by atoms with Crippen LogP contribution in [0.25, 0.3) is 0 Å². The van der Waals surface area contributed by atoms with Crippen molar-refractivity contribution in [1.29, 1.82) is 0 Å². The van der Waals surface area contributed by atoms with Gasteiger partial charge in [-0.15, -0.1) is 0 Å². The van der Waals surface area contributed by atoms with Crippen LogP contribution < -0.4 is 15.2 Å². The fourth-order valence-electron chi connectivity index (χ4n) is 2.33. The van der Waals surface area contributed by atoms with Crippen LogP contribution in [-0.2, 0) is 11.2 Å². The predicted molar refractivity (Wildman–Crippen MR) is 79.4 cm³/mol. The van der Waals surface area contributed by atoms with E-state index in [1.54, 1.807) is 7.11 Å². The minimum Gasteiger partial charge on any atom is -0.493 e. The molecule has 112 valence electrons. The SMILES string of the molecule is CCC(N)Cc1ccc(OC)c(OCC2CCOC2)c1. The third kappa shape index (κ3) is 4.12. The molecule has 2 unspecified atom stereocenters. The number of rotatable bonds is 7. The maximum absolute atomic E-state index is 6.01. The van der Waals surface area contributed by atoms with Gasteiger partial charge in [-0.25, -0.2) is 0 Å². The monoisotopic (exact) mass is 279 g/mol. The van der Waals surface area contributed by atoms with E-state index in [9.17, 15) is 0 Å². The second-order valence-corrected chi connectivity index (χ2v) is 5.40. The molecule has 0 amide bonds. The van der Waals surface area contributed by atoms with Gasteiger partial charge in [0.2, 0.25) is 0 Å². The van der Waals surface area contributed by atoms with Gasteiger partial charge >= 0.3 is 0 Å². The van der Waals surface area contributed by atoms with Crippen LogP contribution in [0.5, 0.6) is 11.5 Å². The summed E-state index contributed by atoms with van der Waals surface area (Å²) in [7, 11) is 1.67. The van der Waals surface area contributed by atoms with Gasteiger partial charge in [-0.05, 0) is 37.0 Å². The predicted octanol–water partition coefficient (Wildman–Crippen LogP) is 2.39. The van der Waals surface area contributed by atoms with Crippen LogP contribution in [0.1, 0.15) is 25.3 Å². The van der Waals surface area contributed by atoms with Crippen molar-refractivity contribution in [1.82, 2.24) is 0 Å². The van der Waals surface area contributed by atoms with Gasteiger partial charge in [-0.3, -0.25) is 0 Å². The molecule has 0 bridgehead atoms. The Hall–Kier alpha value is -1.26. The third-order valence-electron chi connectivity index (χ3n) is 3.75. The number of benzene rings is 1. The maximum atomic E-state index is 6.01. The lowest BCUT2D eigenvalue weighted by Gasteiger charge is -2.15. The Morgan fingerprint density at radius 1 is 1.40 bits per heavy atom. The second kappa shape index (κ2) is 7.50. The lowest BCUT2D eigenvalue weighted by Crippen LogP contribution is -2.21. The number of ether oxygens (including phenoxy) is 3. The molecule has 1 heterocycles. The van der Waals surface area contributed by atoms with Crippen molar-refractivity contribution >= 4 is 0 Å². The number of hydrogen-bond acceptors (Lipinski definition) is 4. The molecule has 4 heteroatoms. The fourth-order valence-corrected chi connectivity index (χ4v) is 2.33. The highest BCUT2D eigenvalue weighted by Crippen LogP contribution is 2.29. The normalized spacial score (nSPS) is 19.9. The first-order valence-electron chi connectivity index (χ1n) is 7.36. The lowest BCUT2D eigenvalue weighted by molar-refractivity contribution is 0.165. The van der Waals surface area contributed by atoms with Gasteiger partial charge in [0.15, 0.2) is 11.5 Å². The molecule has 20 heavy (non-hydrogen) atoms. The van der Waals surface area contributed by atoms with E-state index in [-0.39, 0.29) is 6.04 Å². The highest BCUT2D eigenvalue weighted by atomic mass is 16.5. The Bertz CT molecular complexity index is 416. The van der Waals surface area contributed by atoms with Crippen LogP contribution in [0.2, 0.25) is 0 Å². The van der Waals surface area contributed by atoms with Crippen LogP contribution in [0, 0.1) is 5.92 Å². The van der Waals surface area contributed by atoms with Crippen LogP contribution in [0.4, 0.5) is 0 Å². The third-order valence-corrected chi connectivity index (χ3v) is 3.75. The quantitative estimate of drug-likeness (QED) is 0.832. The Morgan fingerprint density at radius 3 is 2.90 bits per heavy atom. The minimum atomic E-state index is 0.194. The zero-order valence-electron chi connectivity index (χ0n) is 12.4. The standard InChI is InChI=1S/C16H25NO3/c1-3-14(17)8-12-4-5-15(18-2)16(9-12)20-11-13-6-7-19-10-13/h4-5,9,13-14H,3,6-8,10-11,17H2,1-2H3. The zero-order chi connectivity index (χ0) is 14.4. The molecule has 2 rings (SSSR count). The summed E-state index contributed by atoms with van der Waals surface area (Å²) in [6.07, 6.45) is 2.91. The molecule has 2 atom stereocenters. The molecule has 0 aliphatic carbocycles. The van der Waals surface area contributed by atoms with Crippen molar-refractivity contribution in [3.63, 3.8) is 0 Å². The van der Waals surface area contributed by atoms with E-state index in [0.29, 0.717) is 12.5 Å². The van der Waals surface area contributed by atoms with Crippen LogP contribution >= 0.6 is 0 Å². The van der Waals surface area contributed by atoms with Gasteiger partial charge in [0, 0.05) is 18.6 Å². The summed E-state index contributed by atoms with van der Waals surface area (Å²) >= 11 is 0. The summed E-state index contributed by atoms with van der Waals surface area (Å²) in [5, 5.41) is 0. The van der Waals surface area contributed by atoms with Crippen LogP contribution in [0.3, 0.4) is 0 Å². The average molecular weight is 279 g/mol. The van der Waals surface area contributed by atoms with Crippen molar-refractivity contribution < 1.29 is 14.2 Å². The van der Waals surface area contributed by atoms with Crippen molar-refractivity contribution in [3.05, 3.63) is 23.8 Å². The molecular weight excluding hydrogens is 254 g/mol. The molecule has 4 nitrogen and oxygen atoms in total. The van der Waals surface area contributed by atoms with E-state index in [2.05, 4.69) is 13.0 Å². The Labute approximate surface area is 121 Å². The van der Waals surface area contributed by atoms with Crippen molar-refractivity contribution in [2.24, 2.45) is 11.7 Å². The molecule has 1 aromatic carbocycles. The molecule has 1 aliphatic heterocycles. The van der Waals surface area contributed by atoms with Crippen LogP contribution in [-0.4, -0.2) is 33.0 Å². The number of nitrogens with two attached hydrogens (primary N) is 1. The Morgan fingerprint density at radius 2 is 2.25 bits per heavy atom. The van der Waals surface area contributed by atoms with E-state index < -0.39 is 0 Å². The van der Waals surface area contributed by atoms with Gasteiger partial charge < -0.3 is 19.9 Å². The summed E-state index contributed by atoms with van der Waals surface area (Å²) in [6.45, 7) is 4.42. The lowest BCUT2D eigenvalue weighted by atomic mass is 10.0. The van der Waals surface area contributed by atoms with E-state index in [1.807, 2.05) is 12.1 Å². The maximum Gasteiger partial charge on any atom is 0.161 e. The highest BCUT2D eigenvalue weighted by molar-refractivity contribution is 5.43. The molecule has 0 spiro atoms. The van der Waals surface area contributed by atoms with Gasteiger partial charge in [-0.2, -0.15) is 0 Å². The molecule has 2 N–H and O–H groups in total. The summed E-state index contributed by atoms with van der Waals surface area (Å²) < 4.78 is 16.6. The molecule has 1 saturated heterocycles. The molecule has 1 fully saturated rings. The first kappa shape index (κ1) is 15.1. The largest absolute Gasteiger partial charge is 0.493 e. The summed E-state index contributed by atoms with van der Waals surface area (Å²) in [4.78, 5) is 0. The molecule has 1 aliphatic rings. The van der Waals surface area contributed by atoms with Crippen molar-refractivity contribution in [2.75, 3.05) is 26.9 Å². The summed E-state index contributed by atoms with van der Waals surface area (Å²) in [6, 6.07) is 6.25. The van der Waals surface area contributed by atoms with Crippen LogP contribution in [0.15, 0.2) is 18.2 Å². The first-order chi connectivity index (χ1) is 9.72. The molecular formula is C16H25NO3. The highest BCUT2D eigenvalue weighted by Gasteiger charge is 2.17. The van der Waals surface area contributed by atoms with Gasteiger partial charge in [0.05, 0.1) is 20.3 Å². The van der Waals surface area contributed by atoms with Gasteiger partial charge in [0.25, 0.3) is 0 Å². The number of hydrogen-bond donors (Lipinski definition) is 1. The molecule has 1 aromatic rings. The Kier molecular flexibility index (Phi) is 5.68. The molecule has 0 aromatic heterocycles. The van der Waals surface area contributed by atoms with E-state index in [1.165, 1.54) is 5.56 Å². The first-order valence-corrected chi connectivity index (χ1v) is 7.36. The second-order valence-electron chi connectivity index (χ2n) is 5.40. The summed E-state index contributed by atoms with van der Waals surface area (Å²) in [5.41, 5.74) is 7.20. The zero-order valence-corrected chi connectivity index (χ0v) is 12.4. The fraction of sp³-hybridized carbons (Fsp3) is 0.625. The Balaban J connectivity index is 2.01. The molecule has 0 radical (unpaired) electrons. The van der Waals surface area contributed by atoms with E-state index in [0.717, 1.165) is 44.0 Å². The van der Waals surface area contributed by atoms with Gasteiger partial charge in [0.1, 0.15) is 0 Å². The van der Waals surface area contributed by atoms with Gasteiger partial charge in [-0.1, -0.05) is 13.0 Å². The van der Waals surface area contributed by atoms with E-state index in [4.69, 9.17) is 19.9 Å². The van der Waals surface area contributed by atoms with Crippen molar-refractivity contribution in [3.8, 4) is 11.5 Å². The smallest absolute Gasteiger partial charge is 0.161 e. The van der Waals surface area contributed by atoms with Crippen molar-refractivity contribution in [2.45, 2.75) is 32.2 Å². The molecule has 0 saturated carbocycles. The summed E-state index contributed by atoms with van der Waals surface area (Å²) in [5.74, 6) is 2.07. The minimum absolute atomic E-state index is 0.194. The average Bonchev–Trinajstić information content (AvgIpc) is 2.98. The topological polar surface area (TPSA) is 53.7 Å². The van der Waals surface area contributed by atoms with E-state index >= 15 is 0 Å².